The van der Waals surface area contributed by atoms with Crippen LogP contribution in [0.25, 0.3) is 11.3 Å². The van der Waals surface area contributed by atoms with Crippen LogP contribution in [0.1, 0.15) is 11.1 Å². The van der Waals surface area contributed by atoms with Crippen molar-refractivity contribution in [3.63, 3.8) is 0 Å². The molecule has 3 rings (SSSR count). The Labute approximate surface area is 175 Å². The second-order valence-corrected chi connectivity index (χ2v) is 6.97. The van der Waals surface area contributed by atoms with Crippen LogP contribution in [-0.4, -0.2) is 23.3 Å². The summed E-state index contributed by atoms with van der Waals surface area (Å²) in [7, 11) is 1.47. The van der Waals surface area contributed by atoms with Crippen molar-refractivity contribution in [1.82, 2.24) is 9.97 Å². The number of thioether (sulfide) groups is 1. The molecule has 3 aromatic rings. The zero-order valence-electron chi connectivity index (χ0n) is 15.5. The molecule has 9 heteroatoms. The van der Waals surface area contributed by atoms with Crippen LogP contribution in [0.15, 0.2) is 46.3 Å². The van der Waals surface area contributed by atoms with E-state index in [4.69, 9.17) is 21.1 Å². The second kappa shape index (κ2) is 8.99. The van der Waals surface area contributed by atoms with Crippen molar-refractivity contribution >= 4 is 23.4 Å². The maximum Gasteiger partial charge on any atom is 0.270 e. The first-order valence-electron chi connectivity index (χ1n) is 8.31. The third kappa shape index (κ3) is 4.36. The number of ether oxygens (including phenoxy) is 2. The first-order valence-corrected chi connectivity index (χ1v) is 9.91. The SMILES string of the molecule is COc1cccc(-c2nc(SC)[nH]c(=O)c2C#N)c1OCc1ccc(F)cc1Cl. The van der Waals surface area contributed by atoms with Crippen molar-refractivity contribution in [2.45, 2.75) is 11.8 Å². The van der Waals surface area contributed by atoms with Gasteiger partial charge in [-0.15, -0.1) is 0 Å². The van der Waals surface area contributed by atoms with E-state index >= 15 is 0 Å². The Morgan fingerprint density at radius 1 is 1.34 bits per heavy atom. The monoisotopic (exact) mass is 431 g/mol. The topological polar surface area (TPSA) is 88.0 Å². The summed E-state index contributed by atoms with van der Waals surface area (Å²) in [5.41, 5.74) is 0.479. The lowest BCUT2D eigenvalue weighted by molar-refractivity contribution is 0.285. The lowest BCUT2D eigenvalue weighted by Gasteiger charge is -2.16. The molecule has 6 nitrogen and oxygen atoms in total. The average molecular weight is 432 g/mol. The summed E-state index contributed by atoms with van der Waals surface area (Å²) < 4.78 is 24.6. The van der Waals surface area contributed by atoms with Crippen LogP contribution < -0.4 is 15.0 Å². The van der Waals surface area contributed by atoms with Crippen molar-refractivity contribution < 1.29 is 13.9 Å². The fraction of sp³-hybridized carbons (Fsp3) is 0.150. The quantitative estimate of drug-likeness (QED) is 0.459. The van der Waals surface area contributed by atoms with Crippen molar-refractivity contribution in [1.29, 1.82) is 5.26 Å². The third-order valence-electron chi connectivity index (χ3n) is 4.04. The van der Waals surface area contributed by atoms with Crippen molar-refractivity contribution in [3.8, 4) is 28.8 Å². The van der Waals surface area contributed by atoms with Crippen LogP contribution in [0.5, 0.6) is 11.5 Å². The summed E-state index contributed by atoms with van der Waals surface area (Å²) >= 11 is 7.32. The minimum atomic E-state index is -0.544. The molecule has 0 unspecified atom stereocenters. The number of para-hydroxylation sites is 1. The number of nitrogens with one attached hydrogen (secondary N) is 1. The number of hydrogen-bond acceptors (Lipinski definition) is 6. The number of aromatic nitrogens is 2. The van der Waals surface area contributed by atoms with Gasteiger partial charge in [0.25, 0.3) is 5.56 Å². The molecular formula is C20H15ClFN3O3S. The summed E-state index contributed by atoms with van der Waals surface area (Å²) in [5, 5.41) is 10.1. The number of nitrogens with zero attached hydrogens (tertiary/aromatic N) is 2. The van der Waals surface area contributed by atoms with Gasteiger partial charge in [0.05, 0.1) is 12.1 Å². The lowest BCUT2D eigenvalue weighted by Crippen LogP contribution is -2.15. The van der Waals surface area contributed by atoms with Crippen LogP contribution in [0.4, 0.5) is 4.39 Å². The predicted octanol–water partition coefficient (Wildman–Crippen LogP) is 4.41. The fourth-order valence-electron chi connectivity index (χ4n) is 2.65. The molecule has 0 saturated heterocycles. The van der Waals surface area contributed by atoms with Gasteiger partial charge in [-0.3, -0.25) is 4.79 Å². The average Bonchev–Trinajstić information content (AvgIpc) is 2.72. The molecule has 0 aliphatic carbocycles. The van der Waals surface area contributed by atoms with Gasteiger partial charge in [0.1, 0.15) is 29.8 Å². The lowest BCUT2D eigenvalue weighted by atomic mass is 10.1. The van der Waals surface area contributed by atoms with Gasteiger partial charge in [0.15, 0.2) is 16.7 Å². The van der Waals surface area contributed by atoms with Gasteiger partial charge in [0.2, 0.25) is 0 Å². The zero-order chi connectivity index (χ0) is 21.0. The summed E-state index contributed by atoms with van der Waals surface area (Å²) in [6, 6.07) is 10.9. The van der Waals surface area contributed by atoms with Crippen LogP contribution in [0.3, 0.4) is 0 Å². The zero-order valence-corrected chi connectivity index (χ0v) is 17.0. The van der Waals surface area contributed by atoms with Gasteiger partial charge in [-0.25, -0.2) is 9.37 Å². The molecule has 0 spiro atoms. The van der Waals surface area contributed by atoms with Gasteiger partial charge in [-0.1, -0.05) is 35.5 Å². The second-order valence-electron chi connectivity index (χ2n) is 5.77. The number of methoxy groups -OCH3 is 1. The van der Waals surface area contributed by atoms with Gasteiger partial charge >= 0.3 is 0 Å². The summed E-state index contributed by atoms with van der Waals surface area (Å²) in [5.74, 6) is 0.224. The van der Waals surface area contributed by atoms with Crippen molar-refractivity contribution in [3.05, 3.63) is 68.7 Å². The van der Waals surface area contributed by atoms with Crippen LogP contribution in [0, 0.1) is 17.1 Å². The standard InChI is InChI=1S/C20H15ClFN3O3S/c1-27-16-5-3-4-13(17-14(9-23)19(26)25-20(24-17)29-2)18(16)28-10-11-6-7-12(22)8-15(11)21/h3-8H,10H2,1-2H3,(H,24,25,26). The van der Waals surface area contributed by atoms with Gasteiger partial charge in [-0.05, 0) is 30.5 Å². The molecule has 1 aromatic heterocycles. The highest BCUT2D eigenvalue weighted by molar-refractivity contribution is 7.98. The van der Waals surface area contributed by atoms with Crippen LogP contribution in [-0.2, 0) is 6.61 Å². The third-order valence-corrected chi connectivity index (χ3v) is 4.98. The van der Waals surface area contributed by atoms with E-state index in [1.807, 2.05) is 6.07 Å². The number of hydrogen-bond donors (Lipinski definition) is 1. The molecule has 0 saturated carbocycles. The fourth-order valence-corrected chi connectivity index (χ4v) is 3.25. The molecule has 0 aliphatic heterocycles. The predicted molar refractivity (Wildman–Crippen MR) is 109 cm³/mol. The van der Waals surface area contributed by atoms with E-state index < -0.39 is 11.4 Å². The molecule has 0 amide bonds. The summed E-state index contributed by atoms with van der Waals surface area (Å²) in [4.78, 5) is 19.2. The summed E-state index contributed by atoms with van der Waals surface area (Å²) in [6.07, 6.45) is 1.76. The molecule has 0 aliphatic rings. The Morgan fingerprint density at radius 3 is 2.79 bits per heavy atom. The smallest absolute Gasteiger partial charge is 0.270 e. The first kappa shape index (κ1) is 20.7. The molecular weight excluding hydrogens is 417 g/mol. The largest absolute Gasteiger partial charge is 0.493 e. The highest BCUT2D eigenvalue weighted by Gasteiger charge is 2.20. The molecule has 0 atom stereocenters. The number of halogens is 2. The van der Waals surface area contributed by atoms with Gasteiger partial charge < -0.3 is 14.5 Å². The van der Waals surface area contributed by atoms with Crippen LogP contribution in [0.2, 0.25) is 5.02 Å². The minimum Gasteiger partial charge on any atom is -0.493 e. The molecule has 0 radical (unpaired) electrons. The van der Waals surface area contributed by atoms with E-state index in [1.54, 1.807) is 24.5 Å². The van der Waals surface area contributed by atoms with E-state index in [1.165, 1.54) is 37.1 Å². The number of nitriles is 1. The molecule has 0 fully saturated rings. The highest BCUT2D eigenvalue weighted by atomic mass is 35.5. The Hall–Kier alpha value is -3.02. The normalized spacial score (nSPS) is 10.4. The summed E-state index contributed by atoms with van der Waals surface area (Å²) in [6.45, 7) is 0.0208. The Bertz CT molecular complexity index is 1160. The number of benzene rings is 2. The minimum absolute atomic E-state index is 0.0208. The van der Waals surface area contributed by atoms with Gasteiger partial charge in [-0.2, -0.15) is 5.26 Å². The molecule has 29 heavy (non-hydrogen) atoms. The first-order chi connectivity index (χ1) is 14.0. The number of H-pyrrole nitrogens is 1. The van der Waals surface area contributed by atoms with E-state index in [-0.39, 0.29) is 28.6 Å². The van der Waals surface area contributed by atoms with Gasteiger partial charge in [0, 0.05) is 11.1 Å². The Kier molecular flexibility index (Phi) is 6.42. The Morgan fingerprint density at radius 2 is 2.14 bits per heavy atom. The molecule has 1 N–H and O–H groups in total. The van der Waals surface area contributed by atoms with E-state index in [0.29, 0.717) is 22.0 Å². The molecule has 2 aromatic carbocycles. The maximum atomic E-state index is 13.3. The molecule has 148 valence electrons. The Balaban J connectivity index is 2.11. The number of aromatic amines is 1. The van der Waals surface area contributed by atoms with Crippen LogP contribution >= 0.6 is 23.4 Å². The highest BCUT2D eigenvalue weighted by Crippen LogP contribution is 2.39. The number of rotatable bonds is 6. The molecule has 0 bridgehead atoms. The van der Waals surface area contributed by atoms with Crippen molar-refractivity contribution in [2.24, 2.45) is 0 Å². The maximum absolute atomic E-state index is 13.3. The molecule has 1 heterocycles. The van der Waals surface area contributed by atoms with E-state index in [0.717, 1.165) is 0 Å². The van der Waals surface area contributed by atoms with E-state index in [9.17, 15) is 14.4 Å². The van der Waals surface area contributed by atoms with Crippen molar-refractivity contribution in [2.75, 3.05) is 13.4 Å². The van der Waals surface area contributed by atoms with E-state index in [2.05, 4.69) is 9.97 Å².